The van der Waals surface area contributed by atoms with Gasteiger partial charge in [0.15, 0.2) is 0 Å². The molecule has 1 atom stereocenters. The molecule has 1 heterocycles. The molecule has 4 heteroatoms. The first-order valence-electron chi connectivity index (χ1n) is 6.96. The molecule has 0 aliphatic heterocycles. The van der Waals surface area contributed by atoms with E-state index in [2.05, 4.69) is 17.0 Å². The van der Waals surface area contributed by atoms with Crippen LogP contribution in [0.2, 0.25) is 0 Å². The Morgan fingerprint density at radius 2 is 2.05 bits per heavy atom. The monoisotopic (exact) mass is 265 g/mol. The van der Waals surface area contributed by atoms with E-state index in [1.807, 2.05) is 13.1 Å². The van der Waals surface area contributed by atoms with E-state index in [0.717, 1.165) is 5.76 Å². The second kappa shape index (κ2) is 5.78. The predicted molar refractivity (Wildman–Crippen MR) is 73.0 cm³/mol. The molecule has 1 unspecified atom stereocenters. The van der Waals surface area contributed by atoms with Crippen molar-refractivity contribution in [3.05, 3.63) is 23.7 Å². The second-order valence-corrected chi connectivity index (χ2v) is 5.63. The van der Waals surface area contributed by atoms with E-state index in [0.29, 0.717) is 0 Å². The molecule has 1 fully saturated rings. The summed E-state index contributed by atoms with van der Waals surface area (Å²) in [6, 6.07) is 3.72. The highest BCUT2D eigenvalue weighted by Crippen LogP contribution is 2.45. The largest absolute Gasteiger partial charge is 0.463 e. The third kappa shape index (κ3) is 2.84. The minimum atomic E-state index is -0.421. The molecule has 1 aromatic rings. The quantitative estimate of drug-likeness (QED) is 0.849. The van der Waals surface area contributed by atoms with Gasteiger partial charge in [-0.15, -0.1) is 0 Å². The lowest BCUT2D eigenvalue weighted by atomic mass is 9.70. The van der Waals surface area contributed by atoms with Crippen molar-refractivity contribution in [3.8, 4) is 0 Å². The summed E-state index contributed by atoms with van der Waals surface area (Å²) in [5.74, 6) is 0.680. The van der Waals surface area contributed by atoms with E-state index in [4.69, 9.17) is 4.42 Å². The van der Waals surface area contributed by atoms with Gasteiger partial charge in [-0.05, 0) is 37.4 Å². The zero-order valence-electron chi connectivity index (χ0n) is 12.0. The number of furan rings is 1. The molecule has 0 bridgehead atoms. The van der Waals surface area contributed by atoms with Crippen molar-refractivity contribution in [2.24, 2.45) is 5.41 Å². The number of rotatable bonds is 4. The molecule has 1 aliphatic carbocycles. The fourth-order valence-electron chi connectivity index (χ4n) is 3.20. The van der Waals surface area contributed by atoms with E-state index in [9.17, 15) is 4.79 Å². The first-order chi connectivity index (χ1) is 9.10. The van der Waals surface area contributed by atoms with Crippen LogP contribution in [0.4, 0.5) is 0 Å². The van der Waals surface area contributed by atoms with Crippen LogP contribution in [0, 0.1) is 5.41 Å². The fourth-order valence-corrected chi connectivity index (χ4v) is 3.20. The van der Waals surface area contributed by atoms with Gasteiger partial charge >= 0.3 is 5.97 Å². The number of methoxy groups -OCH3 is 1. The number of esters is 1. The lowest BCUT2D eigenvalue weighted by Crippen LogP contribution is -2.35. The van der Waals surface area contributed by atoms with Gasteiger partial charge in [-0.25, -0.2) is 4.79 Å². The molecule has 1 aromatic heterocycles. The Kier molecular flexibility index (Phi) is 4.30. The maximum atomic E-state index is 11.5. The minimum Gasteiger partial charge on any atom is -0.463 e. The summed E-state index contributed by atoms with van der Waals surface area (Å²) in [6.45, 7) is 2.30. The van der Waals surface area contributed by atoms with Crippen molar-refractivity contribution in [2.45, 2.75) is 45.1 Å². The van der Waals surface area contributed by atoms with E-state index in [1.54, 1.807) is 6.07 Å². The van der Waals surface area contributed by atoms with Gasteiger partial charge in [-0.1, -0.05) is 26.2 Å². The molecule has 1 N–H and O–H groups in total. The minimum absolute atomic E-state index is 0.145. The highest BCUT2D eigenvalue weighted by molar-refractivity contribution is 5.86. The normalized spacial score (nSPS) is 19.9. The number of ether oxygens (including phenoxy) is 1. The smallest absolute Gasteiger partial charge is 0.373 e. The van der Waals surface area contributed by atoms with Crippen LogP contribution in [0.15, 0.2) is 16.5 Å². The summed E-state index contributed by atoms with van der Waals surface area (Å²) in [4.78, 5) is 11.5. The summed E-state index contributed by atoms with van der Waals surface area (Å²) < 4.78 is 10.4. The molecule has 19 heavy (non-hydrogen) atoms. The van der Waals surface area contributed by atoms with E-state index in [-0.39, 0.29) is 17.2 Å². The Morgan fingerprint density at radius 1 is 1.37 bits per heavy atom. The van der Waals surface area contributed by atoms with Crippen LogP contribution in [-0.2, 0) is 4.74 Å². The maximum absolute atomic E-state index is 11.5. The number of hydrogen-bond acceptors (Lipinski definition) is 4. The number of nitrogens with one attached hydrogen (secondary N) is 1. The topological polar surface area (TPSA) is 51.5 Å². The molecule has 4 nitrogen and oxygen atoms in total. The van der Waals surface area contributed by atoms with Crippen molar-refractivity contribution >= 4 is 5.97 Å². The molecule has 106 valence electrons. The molecule has 0 amide bonds. The van der Waals surface area contributed by atoms with Gasteiger partial charge in [-0.3, -0.25) is 0 Å². The molecule has 0 radical (unpaired) electrons. The van der Waals surface area contributed by atoms with E-state index >= 15 is 0 Å². The van der Waals surface area contributed by atoms with Gasteiger partial charge in [0.25, 0.3) is 0 Å². The summed E-state index contributed by atoms with van der Waals surface area (Å²) in [6.07, 6.45) is 6.22. The zero-order chi connectivity index (χ0) is 13.9. The standard InChI is InChI=1S/C15H23NO3/c1-15(9-5-4-6-10-15)13(16-2)11-7-8-12(19-11)14(17)18-3/h7-8,13,16H,4-6,9-10H2,1-3H3. The highest BCUT2D eigenvalue weighted by Gasteiger charge is 2.37. The highest BCUT2D eigenvalue weighted by atomic mass is 16.5. The van der Waals surface area contributed by atoms with E-state index in [1.165, 1.54) is 39.2 Å². The third-order valence-corrected chi connectivity index (χ3v) is 4.28. The molecule has 1 aliphatic rings. The Balaban J connectivity index is 2.21. The molecule has 0 spiro atoms. The molecule has 0 aromatic carbocycles. The first-order valence-corrected chi connectivity index (χ1v) is 6.96. The van der Waals surface area contributed by atoms with E-state index < -0.39 is 5.97 Å². The average molecular weight is 265 g/mol. The van der Waals surface area contributed by atoms with Crippen LogP contribution >= 0.6 is 0 Å². The van der Waals surface area contributed by atoms with Gasteiger partial charge < -0.3 is 14.5 Å². The van der Waals surface area contributed by atoms with Crippen molar-refractivity contribution in [3.63, 3.8) is 0 Å². The van der Waals surface area contributed by atoms with Gasteiger partial charge in [0.1, 0.15) is 5.76 Å². The Morgan fingerprint density at radius 3 is 2.63 bits per heavy atom. The van der Waals surface area contributed by atoms with Crippen LogP contribution in [0.25, 0.3) is 0 Å². The molecule has 0 saturated heterocycles. The van der Waals surface area contributed by atoms with Gasteiger partial charge in [-0.2, -0.15) is 0 Å². The fraction of sp³-hybridized carbons (Fsp3) is 0.667. The summed E-state index contributed by atoms with van der Waals surface area (Å²) in [5, 5.41) is 3.35. The second-order valence-electron chi connectivity index (χ2n) is 5.63. The summed E-state index contributed by atoms with van der Waals surface area (Å²) >= 11 is 0. The van der Waals surface area contributed by atoms with Crippen molar-refractivity contribution in [1.82, 2.24) is 5.32 Å². The van der Waals surface area contributed by atoms with Gasteiger partial charge in [0, 0.05) is 0 Å². The first kappa shape index (κ1) is 14.1. The van der Waals surface area contributed by atoms with Crippen molar-refractivity contribution < 1.29 is 13.9 Å². The van der Waals surface area contributed by atoms with Crippen LogP contribution in [0.3, 0.4) is 0 Å². The lowest BCUT2D eigenvalue weighted by Gasteiger charge is -2.39. The zero-order valence-corrected chi connectivity index (χ0v) is 12.0. The Bertz CT molecular complexity index is 432. The molecular formula is C15H23NO3. The van der Waals surface area contributed by atoms with Gasteiger partial charge in [0.2, 0.25) is 5.76 Å². The Hall–Kier alpha value is -1.29. The van der Waals surface area contributed by atoms with Crippen LogP contribution in [0.5, 0.6) is 0 Å². The van der Waals surface area contributed by atoms with Crippen LogP contribution < -0.4 is 5.32 Å². The summed E-state index contributed by atoms with van der Waals surface area (Å²) in [5.41, 5.74) is 0.193. The SMILES string of the molecule is CNC(c1ccc(C(=O)OC)o1)C1(C)CCCCC1. The lowest BCUT2D eigenvalue weighted by molar-refractivity contribution is 0.0555. The third-order valence-electron chi connectivity index (χ3n) is 4.28. The molecular weight excluding hydrogens is 242 g/mol. The molecule has 1 saturated carbocycles. The average Bonchev–Trinajstić information content (AvgIpc) is 2.88. The summed E-state index contributed by atoms with van der Waals surface area (Å²) in [7, 11) is 3.31. The Labute approximate surface area is 114 Å². The predicted octanol–water partition coefficient (Wildman–Crippen LogP) is 3.30. The maximum Gasteiger partial charge on any atom is 0.373 e. The number of carbonyl (C=O) groups excluding carboxylic acids is 1. The van der Waals surface area contributed by atoms with Crippen LogP contribution in [-0.4, -0.2) is 20.1 Å². The number of hydrogen-bond donors (Lipinski definition) is 1. The molecule has 2 rings (SSSR count). The van der Waals surface area contributed by atoms with Crippen molar-refractivity contribution in [2.75, 3.05) is 14.2 Å². The van der Waals surface area contributed by atoms with Crippen LogP contribution in [0.1, 0.15) is 61.4 Å². The number of carbonyl (C=O) groups is 1. The van der Waals surface area contributed by atoms with Gasteiger partial charge in [0.05, 0.1) is 13.2 Å². The van der Waals surface area contributed by atoms with Crippen molar-refractivity contribution in [1.29, 1.82) is 0 Å².